The third kappa shape index (κ3) is 5.84. The number of amides is 1. The lowest BCUT2D eigenvalue weighted by molar-refractivity contribution is -0.118. The maximum atomic E-state index is 12.0. The molecule has 0 heterocycles. The predicted octanol–water partition coefficient (Wildman–Crippen LogP) is 4.14. The molecule has 0 aliphatic carbocycles. The Labute approximate surface area is 149 Å². The van der Waals surface area contributed by atoms with E-state index < -0.39 is 0 Å². The normalized spacial score (nSPS) is 10.9. The van der Waals surface area contributed by atoms with Crippen LogP contribution in [0, 0.1) is 6.92 Å². The molecule has 1 amide bonds. The number of hydrogen-bond acceptors (Lipinski definition) is 3. The average molecular weight is 345 g/mol. The van der Waals surface area contributed by atoms with Crippen molar-refractivity contribution in [3.8, 4) is 0 Å². The lowest BCUT2D eigenvalue weighted by Gasteiger charge is -2.10. The summed E-state index contributed by atoms with van der Waals surface area (Å²) in [6.45, 7) is 6.88. The maximum absolute atomic E-state index is 12.0. The minimum Gasteiger partial charge on any atom is -0.354 e. The van der Waals surface area contributed by atoms with E-state index in [4.69, 9.17) is 0 Å². The summed E-state index contributed by atoms with van der Waals surface area (Å²) in [6, 6.07) is 12.6. The number of hydrogen-bond donors (Lipinski definition) is 2. The quantitative estimate of drug-likeness (QED) is 0.503. The van der Waals surface area contributed by atoms with E-state index in [2.05, 4.69) is 54.8 Å². The highest BCUT2D eigenvalue weighted by Crippen LogP contribution is 2.30. The molecular formula is C20H28N2OS. The van der Waals surface area contributed by atoms with Gasteiger partial charge in [-0.1, -0.05) is 56.2 Å². The second-order valence-electron chi connectivity index (χ2n) is 6.03. The van der Waals surface area contributed by atoms with E-state index in [1.54, 1.807) is 11.8 Å². The van der Waals surface area contributed by atoms with Crippen LogP contribution in [0.1, 0.15) is 31.7 Å². The smallest absolute Gasteiger partial charge is 0.230 e. The molecule has 4 heteroatoms. The van der Waals surface area contributed by atoms with Crippen molar-refractivity contribution in [2.24, 2.45) is 0 Å². The molecule has 2 rings (SSSR count). The monoisotopic (exact) mass is 344 g/mol. The Bertz CT molecular complexity index is 657. The van der Waals surface area contributed by atoms with Crippen LogP contribution >= 0.6 is 11.8 Å². The van der Waals surface area contributed by atoms with Gasteiger partial charge in [0.25, 0.3) is 0 Å². The summed E-state index contributed by atoms with van der Waals surface area (Å²) in [7, 11) is 0. The molecule has 0 saturated heterocycles. The number of aryl methyl sites for hydroxylation is 1. The van der Waals surface area contributed by atoms with Crippen LogP contribution in [0.25, 0.3) is 10.8 Å². The second kappa shape index (κ2) is 10.4. The molecule has 0 aliphatic heterocycles. The largest absolute Gasteiger partial charge is 0.354 e. The molecule has 0 aromatic heterocycles. The van der Waals surface area contributed by atoms with Crippen molar-refractivity contribution < 1.29 is 4.79 Å². The summed E-state index contributed by atoms with van der Waals surface area (Å²) in [4.78, 5) is 13.2. The van der Waals surface area contributed by atoms with E-state index in [1.807, 2.05) is 6.07 Å². The number of unbranched alkanes of at least 4 members (excludes halogenated alkanes) is 2. The molecule has 0 radical (unpaired) electrons. The lowest BCUT2D eigenvalue weighted by Crippen LogP contribution is -2.33. The number of carbonyl (C=O) groups excluding carboxylic acids is 1. The minimum absolute atomic E-state index is 0.0997. The minimum atomic E-state index is 0.0997. The van der Waals surface area contributed by atoms with Gasteiger partial charge in [-0.15, -0.1) is 11.8 Å². The van der Waals surface area contributed by atoms with Crippen LogP contribution in [-0.4, -0.2) is 31.3 Å². The fourth-order valence-corrected chi connectivity index (χ4v) is 3.66. The first-order valence-electron chi connectivity index (χ1n) is 8.81. The molecule has 130 valence electrons. The van der Waals surface area contributed by atoms with Crippen LogP contribution < -0.4 is 10.6 Å². The van der Waals surface area contributed by atoms with Gasteiger partial charge in [0.1, 0.15) is 0 Å². The van der Waals surface area contributed by atoms with Crippen molar-refractivity contribution in [3.63, 3.8) is 0 Å². The van der Waals surface area contributed by atoms with Gasteiger partial charge in [0.15, 0.2) is 0 Å². The molecule has 3 nitrogen and oxygen atoms in total. The summed E-state index contributed by atoms with van der Waals surface area (Å²) in [6.07, 6.45) is 3.71. The van der Waals surface area contributed by atoms with Crippen LogP contribution in [0.15, 0.2) is 41.3 Å². The molecule has 2 aromatic carbocycles. The molecule has 0 spiro atoms. The summed E-state index contributed by atoms with van der Waals surface area (Å²) in [5.41, 5.74) is 1.23. The van der Waals surface area contributed by atoms with E-state index in [9.17, 15) is 4.79 Å². The highest BCUT2D eigenvalue weighted by atomic mass is 32.2. The molecule has 0 saturated carbocycles. The van der Waals surface area contributed by atoms with Gasteiger partial charge in [0, 0.05) is 18.0 Å². The Balaban J connectivity index is 1.75. The van der Waals surface area contributed by atoms with Gasteiger partial charge in [-0.2, -0.15) is 0 Å². The summed E-state index contributed by atoms with van der Waals surface area (Å²) >= 11 is 1.63. The first kappa shape index (κ1) is 18.8. The van der Waals surface area contributed by atoms with Crippen LogP contribution in [0.5, 0.6) is 0 Å². The standard InChI is InChI=1S/C20H28N2OS/c1-3-4-7-12-21-13-14-22-19(23)15-24-20-16(2)10-11-17-8-5-6-9-18(17)20/h5-6,8-11,21H,3-4,7,12-15H2,1-2H3,(H,22,23). The molecular weight excluding hydrogens is 316 g/mol. The number of nitrogens with one attached hydrogen (secondary N) is 2. The molecule has 2 N–H and O–H groups in total. The fraction of sp³-hybridized carbons (Fsp3) is 0.450. The topological polar surface area (TPSA) is 41.1 Å². The zero-order chi connectivity index (χ0) is 17.2. The van der Waals surface area contributed by atoms with Crippen molar-refractivity contribution >= 4 is 28.4 Å². The molecule has 0 atom stereocenters. The maximum Gasteiger partial charge on any atom is 0.230 e. The van der Waals surface area contributed by atoms with Crippen molar-refractivity contribution in [3.05, 3.63) is 42.0 Å². The van der Waals surface area contributed by atoms with Crippen molar-refractivity contribution in [1.29, 1.82) is 0 Å². The van der Waals surface area contributed by atoms with Gasteiger partial charge >= 0.3 is 0 Å². The van der Waals surface area contributed by atoms with E-state index in [0.29, 0.717) is 12.3 Å². The van der Waals surface area contributed by atoms with E-state index >= 15 is 0 Å². The van der Waals surface area contributed by atoms with Crippen LogP contribution in [0.3, 0.4) is 0 Å². The van der Waals surface area contributed by atoms with Crippen molar-refractivity contribution in [1.82, 2.24) is 10.6 Å². The number of thioether (sulfide) groups is 1. The van der Waals surface area contributed by atoms with Crippen LogP contribution in [-0.2, 0) is 4.79 Å². The highest BCUT2D eigenvalue weighted by Gasteiger charge is 2.08. The Morgan fingerprint density at radius 1 is 1.04 bits per heavy atom. The van der Waals surface area contributed by atoms with Crippen molar-refractivity contribution in [2.75, 3.05) is 25.4 Å². The lowest BCUT2D eigenvalue weighted by atomic mass is 10.1. The predicted molar refractivity (Wildman–Crippen MR) is 105 cm³/mol. The number of fused-ring (bicyclic) bond motifs is 1. The third-order valence-corrected chi connectivity index (χ3v) is 5.24. The fourth-order valence-electron chi connectivity index (χ4n) is 2.65. The molecule has 0 aliphatic rings. The molecule has 0 fully saturated rings. The molecule has 0 unspecified atom stereocenters. The zero-order valence-corrected chi connectivity index (χ0v) is 15.5. The number of carbonyl (C=O) groups is 1. The van der Waals surface area contributed by atoms with Crippen molar-refractivity contribution in [2.45, 2.75) is 38.0 Å². The molecule has 0 bridgehead atoms. The first-order valence-corrected chi connectivity index (χ1v) is 9.79. The van der Waals surface area contributed by atoms with Gasteiger partial charge in [-0.25, -0.2) is 0 Å². The van der Waals surface area contributed by atoms with Gasteiger partial charge in [-0.3, -0.25) is 4.79 Å². The Hall–Kier alpha value is -1.52. The molecule has 2 aromatic rings. The third-order valence-electron chi connectivity index (χ3n) is 4.01. The molecule has 24 heavy (non-hydrogen) atoms. The Morgan fingerprint density at radius 2 is 1.88 bits per heavy atom. The SMILES string of the molecule is CCCCCNCCNC(=O)CSc1c(C)ccc2ccccc12. The average Bonchev–Trinajstić information content (AvgIpc) is 2.60. The highest BCUT2D eigenvalue weighted by molar-refractivity contribution is 8.00. The first-order chi connectivity index (χ1) is 11.7. The van der Waals surface area contributed by atoms with Gasteiger partial charge in [0.2, 0.25) is 5.91 Å². The van der Waals surface area contributed by atoms with Gasteiger partial charge in [0.05, 0.1) is 5.75 Å². The Kier molecular flexibility index (Phi) is 8.13. The van der Waals surface area contributed by atoms with Crippen LogP contribution in [0.4, 0.5) is 0 Å². The van der Waals surface area contributed by atoms with Crippen LogP contribution in [0.2, 0.25) is 0 Å². The summed E-state index contributed by atoms with van der Waals surface area (Å²) in [5.74, 6) is 0.563. The van der Waals surface area contributed by atoms with E-state index in [0.717, 1.165) is 13.1 Å². The number of rotatable bonds is 10. The zero-order valence-electron chi connectivity index (χ0n) is 14.7. The second-order valence-corrected chi connectivity index (χ2v) is 7.01. The summed E-state index contributed by atoms with van der Waals surface area (Å²) < 4.78 is 0. The van der Waals surface area contributed by atoms with E-state index in [-0.39, 0.29) is 5.91 Å². The Morgan fingerprint density at radius 3 is 2.71 bits per heavy atom. The van der Waals surface area contributed by atoms with Gasteiger partial charge in [-0.05, 0) is 36.2 Å². The number of benzene rings is 2. The van der Waals surface area contributed by atoms with Gasteiger partial charge < -0.3 is 10.6 Å². The van der Waals surface area contributed by atoms with E-state index in [1.165, 1.54) is 40.5 Å². The summed E-state index contributed by atoms with van der Waals surface area (Å²) in [5, 5.41) is 8.80.